The van der Waals surface area contributed by atoms with E-state index in [9.17, 15) is 0 Å². The Morgan fingerprint density at radius 1 is 1.62 bits per heavy atom. The third kappa shape index (κ3) is 3.04. The predicted octanol–water partition coefficient (Wildman–Crippen LogP) is 1.53. The Bertz CT molecular complexity index is 304. The first kappa shape index (κ1) is 9.40. The second-order valence-corrected chi connectivity index (χ2v) is 2.41. The summed E-state index contributed by atoms with van der Waals surface area (Å²) in [7, 11) is 1.81. The number of hydrogen-bond donors (Lipinski definition) is 1. The number of hydrogen-bond acceptors (Lipinski definition) is 3. The molecule has 1 aromatic heterocycles. The molecule has 68 valence electrons. The highest BCUT2D eigenvalue weighted by atomic mass is 16.5. The summed E-state index contributed by atoms with van der Waals surface area (Å²) in [5.74, 6) is 3.89. The van der Waals surface area contributed by atoms with Crippen molar-refractivity contribution in [2.24, 2.45) is 0 Å². The number of pyridine rings is 1. The molecule has 0 aliphatic heterocycles. The van der Waals surface area contributed by atoms with E-state index in [4.69, 9.17) is 11.2 Å². The van der Waals surface area contributed by atoms with E-state index >= 15 is 0 Å². The average Bonchev–Trinajstić information content (AvgIpc) is 2.19. The molecule has 3 nitrogen and oxygen atoms in total. The quantitative estimate of drug-likeness (QED) is 0.558. The number of aromatic nitrogens is 1. The zero-order valence-corrected chi connectivity index (χ0v) is 7.58. The Hall–Kier alpha value is -1.69. The molecular weight excluding hydrogens is 164 g/mol. The normalized spacial score (nSPS) is 8.92. The van der Waals surface area contributed by atoms with Crippen LogP contribution in [0.2, 0.25) is 0 Å². The zero-order chi connectivity index (χ0) is 9.52. The van der Waals surface area contributed by atoms with Gasteiger partial charge in [-0.2, -0.15) is 4.98 Å². The molecule has 0 bridgehead atoms. The molecule has 0 unspecified atom stereocenters. The highest BCUT2D eigenvalue weighted by Crippen LogP contribution is 2.10. The van der Waals surface area contributed by atoms with Gasteiger partial charge >= 0.3 is 0 Å². The molecule has 1 heterocycles. The van der Waals surface area contributed by atoms with Crippen LogP contribution >= 0.6 is 0 Å². The van der Waals surface area contributed by atoms with Crippen molar-refractivity contribution in [3.8, 4) is 18.2 Å². The fraction of sp³-hybridized carbons (Fsp3) is 0.300. The second-order valence-electron chi connectivity index (χ2n) is 2.41. The lowest BCUT2D eigenvalue weighted by Gasteiger charge is -2.04. The van der Waals surface area contributed by atoms with Crippen LogP contribution in [0.25, 0.3) is 0 Å². The van der Waals surface area contributed by atoms with Gasteiger partial charge in [-0.05, 0) is 6.07 Å². The van der Waals surface area contributed by atoms with Crippen LogP contribution in [-0.4, -0.2) is 18.6 Å². The van der Waals surface area contributed by atoms with Crippen LogP contribution in [0.1, 0.15) is 6.42 Å². The maximum absolute atomic E-state index is 5.30. The Balaban J connectivity index is 2.52. The van der Waals surface area contributed by atoms with Crippen molar-refractivity contribution in [3.63, 3.8) is 0 Å². The summed E-state index contributed by atoms with van der Waals surface area (Å²) in [6, 6.07) is 5.55. The highest BCUT2D eigenvalue weighted by molar-refractivity contribution is 5.35. The van der Waals surface area contributed by atoms with Gasteiger partial charge in [0.05, 0.1) is 0 Å². The van der Waals surface area contributed by atoms with E-state index in [1.54, 1.807) is 6.07 Å². The SMILES string of the molecule is C#CCCOc1cccc(NC)n1. The van der Waals surface area contributed by atoms with E-state index in [0.29, 0.717) is 18.9 Å². The molecule has 1 aromatic rings. The highest BCUT2D eigenvalue weighted by Gasteiger charge is 1.95. The molecule has 0 atom stereocenters. The fourth-order valence-electron chi connectivity index (χ4n) is 0.849. The van der Waals surface area contributed by atoms with Gasteiger partial charge in [-0.15, -0.1) is 12.3 Å². The number of nitrogens with zero attached hydrogens (tertiary/aromatic N) is 1. The lowest BCUT2D eigenvalue weighted by Crippen LogP contribution is -1.99. The van der Waals surface area contributed by atoms with Gasteiger partial charge < -0.3 is 10.1 Å². The van der Waals surface area contributed by atoms with Crippen LogP contribution in [0, 0.1) is 12.3 Å². The first-order chi connectivity index (χ1) is 6.36. The van der Waals surface area contributed by atoms with Crippen molar-refractivity contribution in [3.05, 3.63) is 18.2 Å². The lowest BCUT2D eigenvalue weighted by atomic mass is 10.4. The van der Waals surface area contributed by atoms with E-state index in [-0.39, 0.29) is 0 Å². The third-order valence-corrected chi connectivity index (χ3v) is 1.48. The fourth-order valence-corrected chi connectivity index (χ4v) is 0.849. The van der Waals surface area contributed by atoms with Gasteiger partial charge in [-0.3, -0.25) is 0 Å². The van der Waals surface area contributed by atoms with Gasteiger partial charge in [-0.25, -0.2) is 0 Å². The summed E-state index contributed by atoms with van der Waals surface area (Å²) in [6.07, 6.45) is 5.69. The Kier molecular flexibility index (Phi) is 3.65. The molecule has 0 fully saturated rings. The molecule has 0 aliphatic rings. The van der Waals surface area contributed by atoms with Gasteiger partial charge in [-0.1, -0.05) is 6.07 Å². The van der Waals surface area contributed by atoms with E-state index in [1.807, 2.05) is 19.2 Å². The first-order valence-corrected chi connectivity index (χ1v) is 4.08. The summed E-state index contributed by atoms with van der Waals surface area (Å²) in [6.45, 7) is 0.511. The molecule has 1 N–H and O–H groups in total. The minimum atomic E-state index is 0.511. The van der Waals surface area contributed by atoms with E-state index < -0.39 is 0 Å². The molecule has 0 aromatic carbocycles. The van der Waals surface area contributed by atoms with Crippen molar-refractivity contribution in [1.82, 2.24) is 4.98 Å². The Labute approximate surface area is 78.1 Å². The molecule has 3 heteroatoms. The summed E-state index contributed by atoms with van der Waals surface area (Å²) in [4.78, 5) is 4.16. The van der Waals surface area contributed by atoms with Crippen LogP contribution in [0.4, 0.5) is 5.82 Å². The number of ether oxygens (including phenoxy) is 1. The Morgan fingerprint density at radius 3 is 3.15 bits per heavy atom. The minimum absolute atomic E-state index is 0.511. The zero-order valence-electron chi connectivity index (χ0n) is 7.58. The van der Waals surface area contributed by atoms with Crippen LogP contribution < -0.4 is 10.1 Å². The molecule has 13 heavy (non-hydrogen) atoms. The molecule has 0 amide bonds. The van der Waals surface area contributed by atoms with Crippen molar-refractivity contribution in [2.75, 3.05) is 19.0 Å². The van der Waals surface area contributed by atoms with Crippen LogP contribution in [0.15, 0.2) is 18.2 Å². The van der Waals surface area contributed by atoms with Crippen molar-refractivity contribution < 1.29 is 4.74 Å². The van der Waals surface area contributed by atoms with Crippen LogP contribution in [0.5, 0.6) is 5.88 Å². The first-order valence-electron chi connectivity index (χ1n) is 4.08. The minimum Gasteiger partial charge on any atom is -0.477 e. The maximum atomic E-state index is 5.30. The third-order valence-electron chi connectivity index (χ3n) is 1.48. The lowest BCUT2D eigenvalue weighted by molar-refractivity contribution is 0.315. The average molecular weight is 176 g/mol. The standard InChI is InChI=1S/C10H12N2O/c1-3-4-8-13-10-7-5-6-9(11-2)12-10/h1,5-7H,4,8H2,2H3,(H,11,12). The van der Waals surface area contributed by atoms with Gasteiger partial charge in [0.2, 0.25) is 5.88 Å². The molecule has 0 saturated heterocycles. The topological polar surface area (TPSA) is 34.1 Å². The van der Waals surface area contributed by atoms with Crippen molar-refractivity contribution in [1.29, 1.82) is 0 Å². The maximum Gasteiger partial charge on any atom is 0.215 e. The van der Waals surface area contributed by atoms with Gasteiger partial charge in [0.15, 0.2) is 0 Å². The molecule has 0 spiro atoms. The summed E-state index contributed by atoms with van der Waals surface area (Å²) in [5, 5.41) is 2.93. The molecule has 0 saturated carbocycles. The van der Waals surface area contributed by atoms with E-state index in [2.05, 4.69) is 16.2 Å². The van der Waals surface area contributed by atoms with E-state index in [1.165, 1.54) is 0 Å². The summed E-state index contributed by atoms with van der Waals surface area (Å²) < 4.78 is 5.30. The Morgan fingerprint density at radius 2 is 2.46 bits per heavy atom. The van der Waals surface area contributed by atoms with E-state index in [0.717, 1.165) is 5.82 Å². The molecular formula is C10H12N2O. The van der Waals surface area contributed by atoms with Crippen LogP contribution in [0.3, 0.4) is 0 Å². The second kappa shape index (κ2) is 5.04. The number of rotatable bonds is 4. The molecule has 1 rings (SSSR count). The van der Waals surface area contributed by atoms with Gasteiger partial charge in [0, 0.05) is 19.5 Å². The predicted molar refractivity (Wildman–Crippen MR) is 52.7 cm³/mol. The summed E-state index contributed by atoms with van der Waals surface area (Å²) >= 11 is 0. The monoisotopic (exact) mass is 176 g/mol. The van der Waals surface area contributed by atoms with Crippen molar-refractivity contribution in [2.45, 2.75) is 6.42 Å². The van der Waals surface area contributed by atoms with Gasteiger partial charge in [0.1, 0.15) is 12.4 Å². The van der Waals surface area contributed by atoms with Crippen LogP contribution in [-0.2, 0) is 0 Å². The van der Waals surface area contributed by atoms with Crippen molar-refractivity contribution >= 4 is 5.82 Å². The van der Waals surface area contributed by atoms with Gasteiger partial charge in [0.25, 0.3) is 0 Å². The summed E-state index contributed by atoms with van der Waals surface area (Å²) in [5.41, 5.74) is 0. The molecule has 0 radical (unpaired) electrons. The molecule has 0 aliphatic carbocycles. The number of terminal acetylenes is 1. The smallest absolute Gasteiger partial charge is 0.215 e. The number of anilines is 1. The number of nitrogens with one attached hydrogen (secondary N) is 1. The largest absolute Gasteiger partial charge is 0.477 e.